The van der Waals surface area contributed by atoms with E-state index < -0.39 is 22.4 Å². The van der Waals surface area contributed by atoms with Crippen LogP contribution in [0.5, 0.6) is 0 Å². The Hall–Kier alpha value is -1.24. The zero-order valence-corrected chi connectivity index (χ0v) is 11.1. The summed E-state index contributed by atoms with van der Waals surface area (Å²) in [5, 5.41) is 10.7. The molecular formula is C12H14F3NO2S. The number of benzene rings is 1. The molecule has 19 heavy (non-hydrogen) atoms. The third kappa shape index (κ3) is 3.62. The molecule has 0 heterocycles. The Morgan fingerprint density at radius 3 is 2.26 bits per heavy atom. The number of hydrogen-bond donors (Lipinski definition) is 0. The number of thioether (sulfide) groups is 1. The van der Waals surface area contributed by atoms with Crippen molar-refractivity contribution in [3.8, 4) is 0 Å². The van der Waals surface area contributed by atoms with Gasteiger partial charge in [-0.15, -0.1) is 11.8 Å². The molecule has 1 aromatic carbocycles. The van der Waals surface area contributed by atoms with Gasteiger partial charge in [0.25, 0.3) is 0 Å². The summed E-state index contributed by atoms with van der Waals surface area (Å²) < 4.78 is 37.8. The van der Waals surface area contributed by atoms with Gasteiger partial charge in [0, 0.05) is 4.92 Å². The van der Waals surface area contributed by atoms with E-state index in [4.69, 9.17) is 0 Å². The first-order valence-electron chi connectivity index (χ1n) is 5.71. The van der Waals surface area contributed by atoms with Gasteiger partial charge in [0.1, 0.15) is 0 Å². The molecule has 0 spiro atoms. The van der Waals surface area contributed by atoms with Crippen molar-refractivity contribution in [2.45, 2.75) is 24.3 Å². The fraction of sp³-hybridized carbons (Fsp3) is 0.500. The minimum atomic E-state index is -4.68. The molecule has 106 valence electrons. The molecule has 0 saturated heterocycles. The SMILES string of the molecule is CCCS[C@@](C[N+](=O)[O-])(c1ccccc1)C(F)(F)F. The van der Waals surface area contributed by atoms with Gasteiger partial charge < -0.3 is 0 Å². The van der Waals surface area contributed by atoms with E-state index in [2.05, 4.69) is 0 Å². The molecule has 0 fully saturated rings. The highest BCUT2D eigenvalue weighted by Crippen LogP contribution is 2.49. The predicted molar refractivity (Wildman–Crippen MR) is 68.8 cm³/mol. The Bertz CT molecular complexity index is 425. The molecule has 0 aliphatic rings. The minimum absolute atomic E-state index is 0.0716. The zero-order chi connectivity index (χ0) is 14.5. The maximum absolute atomic E-state index is 13.4. The highest BCUT2D eigenvalue weighted by atomic mass is 32.2. The normalized spacial score (nSPS) is 14.9. The van der Waals surface area contributed by atoms with Crippen molar-refractivity contribution >= 4 is 11.8 Å². The van der Waals surface area contributed by atoms with Crippen molar-refractivity contribution in [1.82, 2.24) is 0 Å². The molecule has 0 amide bonds. The van der Waals surface area contributed by atoms with Crippen LogP contribution in [-0.4, -0.2) is 23.4 Å². The molecule has 0 aliphatic carbocycles. The lowest BCUT2D eigenvalue weighted by atomic mass is 9.97. The van der Waals surface area contributed by atoms with Gasteiger partial charge in [-0.25, -0.2) is 0 Å². The van der Waals surface area contributed by atoms with Gasteiger partial charge in [-0.05, 0) is 17.7 Å². The molecular weight excluding hydrogens is 279 g/mol. The van der Waals surface area contributed by atoms with Gasteiger partial charge in [-0.2, -0.15) is 13.2 Å². The first-order chi connectivity index (χ1) is 8.83. The molecule has 1 aromatic rings. The van der Waals surface area contributed by atoms with Crippen LogP contribution in [0.1, 0.15) is 18.9 Å². The monoisotopic (exact) mass is 293 g/mol. The molecule has 0 radical (unpaired) electrons. The van der Waals surface area contributed by atoms with Crippen LogP contribution < -0.4 is 0 Å². The second kappa shape index (κ2) is 6.27. The lowest BCUT2D eigenvalue weighted by molar-refractivity contribution is -0.494. The van der Waals surface area contributed by atoms with Gasteiger partial charge in [0.15, 0.2) is 0 Å². The average molecular weight is 293 g/mol. The summed E-state index contributed by atoms with van der Waals surface area (Å²) in [5.41, 5.74) is -0.0716. The Balaban J connectivity index is 3.30. The third-order valence-corrected chi connectivity index (χ3v) is 4.30. The van der Waals surface area contributed by atoms with E-state index in [-0.39, 0.29) is 11.3 Å². The topological polar surface area (TPSA) is 43.1 Å². The highest BCUT2D eigenvalue weighted by molar-refractivity contribution is 8.00. The van der Waals surface area contributed by atoms with Crippen LogP contribution in [0, 0.1) is 10.1 Å². The van der Waals surface area contributed by atoms with Crippen LogP contribution in [-0.2, 0) is 4.75 Å². The molecule has 7 heteroatoms. The van der Waals surface area contributed by atoms with E-state index in [1.165, 1.54) is 24.3 Å². The molecule has 0 unspecified atom stereocenters. The second-order valence-corrected chi connectivity index (χ2v) is 5.42. The van der Waals surface area contributed by atoms with E-state index in [1.807, 2.05) is 0 Å². The molecule has 1 atom stereocenters. The quantitative estimate of drug-likeness (QED) is 0.591. The van der Waals surface area contributed by atoms with Crippen molar-refractivity contribution in [3.05, 3.63) is 46.0 Å². The van der Waals surface area contributed by atoms with Crippen molar-refractivity contribution < 1.29 is 18.1 Å². The smallest absolute Gasteiger partial charge is 0.264 e. The summed E-state index contributed by atoms with van der Waals surface area (Å²) in [6, 6.07) is 7.09. The predicted octanol–water partition coefficient (Wildman–Crippen LogP) is 3.86. The minimum Gasteiger partial charge on any atom is -0.264 e. The number of alkyl halides is 3. The summed E-state index contributed by atoms with van der Waals surface area (Å²) in [4.78, 5) is 9.79. The number of rotatable bonds is 6. The fourth-order valence-electron chi connectivity index (χ4n) is 1.72. The number of halogens is 3. The van der Waals surface area contributed by atoms with Gasteiger partial charge in [0.2, 0.25) is 11.3 Å². The standard InChI is InChI=1S/C12H14F3NO2S/c1-2-8-19-11(9-16(17)18,12(13,14)15)10-6-4-3-5-7-10/h3-7H,2,8-9H2,1H3/t11-/m0/s1. The van der Waals surface area contributed by atoms with E-state index in [1.54, 1.807) is 13.0 Å². The van der Waals surface area contributed by atoms with Crippen LogP contribution in [0.25, 0.3) is 0 Å². The summed E-state index contributed by atoms with van der Waals surface area (Å²) >= 11 is 0.591. The van der Waals surface area contributed by atoms with E-state index in [9.17, 15) is 23.3 Å². The Morgan fingerprint density at radius 2 is 1.84 bits per heavy atom. The highest BCUT2D eigenvalue weighted by Gasteiger charge is 2.60. The van der Waals surface area contributed by atoms with E-state index in [0.29, 0.717) is 18.2 Å². The maximum Gasteiger partial charge on any atom is 0.413 e. The number of nitro groups is 1. The van der Waals surface area contributed by atoms with Crippen LogP contribution in [0.2, 0.25) is 0 Å². The van der Waals surface area contributed by atoms with E-state index in [0.717, 1.165) is 0 Å². The second-order valence-electron chi connectivity index (χ2n) is 4.03. The van der Waals surface area contributed by atoms with Crippen LogP contribution in [0.15, 0.2) is 30.3 Å². The molecule has 0 bridgehead atoms. The summed E-state index contributed by atoms with van der Waals surface area (Å²) in [6.07, 6.45) is -4.16. The van der Waals surface area contributed by atoms with Crippen molar-refractivity contribution in [2.24, 2.45) is 0 Å². The first-order valence-corrected chi connectivity index (χ1v) is 6.70. The molecule has 0 saturated carbocycles. The fourth-order valence-corrected chi connectivity index (χ4v) is 2.94. The van der Waals surface area contributed by atoms with Crippen molar-refractivity contribution in [1.29, 1.82) is 0 Å². The largest absolute Gasteiger partial charge is 0.413 e. The maximum atomic E-state index is 13.4. The molecule has 0 N–H and O–H groups in total. The van der Waals surface area contributed by atoms with Crippen LogP contribution in [0.3, 0.4) is 0 Å². The lowest BCUT2D eigenvalue weighted by Gasteiger charge is -2.32. The molecule has 0 aromatic heterocycles. The first kappa shape index (κ1) is 15.8. The Morgan fingerprint density at radius 1 is 1.26 bits per heavy atom. The van der Waals surface area contributed by atoms with Crippen molar-refractivity contribution in [3.63, 3.8) is 0 Å². The van der Waals surface area contributed by atoms with Crippen LogP contribution in [0.4, 0.5) is 13.2 Å². The number of nitrogens with zero attached hydrogens (tertiary/aromatic N) is 1. The zero-order valence-electron chi connectivity index (χ0n) is 10.3. The lowest BCUT2D eigenvalue weighted by Crippen LogP contribution is -2.45. The Labute approximate surface area is 113 Å². The van der Waals surface area contributed by atoms with Crippen molar-refractivity contribution in [2.75, 3.05) is 12.3 Å². The molecule has 1 rings (SSSR count). The average Bonchev–Trinajstić information content (AvgIpc) is 2.33. The van der Waals surface area contributed by atoms with Gasteiger partial charge >= 0.3 is 6.18 Å². The summed E-state index contributed by atoms with van der Waals surface area (Å²) in [6.45, 7) is 0.580. The molecule has 0 aliphatic heterocycles. The van der Waals surface area contributed by atoms with Gasteiger partial charge in [0.05, 0.1) is 0 Å². The van der Waals surface area contributed by atoms with Gasteiger partial charge in [-0.3, -0.25) is 10.1 Å². The van der Waals surface area contributed by atoms with Crippen LogP contribution >= 0.6 is 11.8 Å². The Kier molecular flexibility index (Phi) is 5.22. The van der Waals surface area contributed by atoms with Gasteiger partial charge in [-0.1, -0.05) is 37.3 Å². The third-order valence-electron chi connectivity index (χ3n) is 2.60. The van der Waals surface area contributed by atoms with E-state index >= 15 is 0 Å². The summed E-state index contributed by atoms with van der Waals surface area (Å²) in [7, 11) is 0. The molecule has 3 nitrogen and oxygen atoms in total. The summed E-state index contributed by atoms with van der Waals surface area (Å²) in [5.74, 6) is 0.211. The number of hydrogen-bond acceptors (Lipinski definition) is 3.